The molecule has 0 aliphatic carbocycles. The Hall–Kier alpha value is -2.67. The predicted octanol–water partition coefficient (Wildman–Crippen LogP) is 1.61. The standard InChI is InChI=1S/C18H21N5O2/c1-21-11-14(13-5-3-4-6-16(13)21)18(24)22-8-7-17-15(12-22)19-20-23(17)9-10-25-2/h3-6,11H,7-10,12H2,1-2H3. The molecule has 1 aromatic carbocycles. The Morgan fingerprint density at radius 2 is 2.16 bits per heavy atom. The molecular weight excluding hydrogens is 318 g/mol. The number of hydrogen-bond donors (Lipinski definition) is 0. The molecule has 7 nitrogen and oxygen atoms in total. The Labute approximate surface area is 145 Å². The number of amides is 1. The van der Waals surface area contributed by atoms with Crippen LogP contribution in [0.5, 0.6) is 0 Å². The number of aromatic nitrogens is 4. The van der Waals surface area contributed by atoms with Crippen LogP contribution in [0.2, 0.25) is 0 Å². The molecule has 130 valence electrons. The number of nitrogens with zero attached hydrogens (tertiary/aromatic N) is 5. The SMILES string of the molecule is COCCn1nnc2c1CCN(C(=O)c1cn(C)c3ccccc13)C2. The smallest absolute Gasteiger partial charge is 0.256 e. The highest BCUT2D eigenvalue weighted by molar-refractivity contribution is 6.07. The number of carbonyl (C=O) groups excluding carboxylic acids is 1. The number of aryl methyl sites for hydroxylation is 1. The summed E-state index contributed by atoms with van der Waals surface area (Å²) in [5.74, 6) is 0.0499. The molecule has 0 radical (unpaired) electrons. The van der Waals surface area contributed by atoms with Crippen molar-refractivity contribution in [2.75, 3.05) is 20.3 Å². The van der Waals surface area contributed by atoms with Crippen molar-refractivity contribution in [3.63, 3.8) is 0 Å². The van der Waals surface area contributed by atoms with E-state index in [0.29, 0.717) is 26.2 Å². The monoisotopic (exact) mass is 339 g/mol. The highest BCUT2D eigenvalue weighted by atomic mass is 16.5. The van der Waals surface area contributed by atoms with Gasteiger partial charge in [0.2, 0.25) is 0 Å². The van der Waals surface area contributed by atoms with Gasteiger partial charge in [0.25, 0.3) is 5.91 Å². The number of para-hydroxylation sites is 1. The summed E-state index contributed by atoms with van der Waals surface area (Å²) in [5, 5.41) is 9.45. The van der Waals surface area contributed by atoms with Crippen LogP contribution in [-0.2, 0) is 31.3 Å². The van der Waals surface area contributed by atoms with E-state index in [9.17, 15) is 4.79 Å². The highest BCUT2D eigenvalue weighted by Gasteiger charge is 2.27. The third kappa shape index (κ3) is 2.70. The van der Waals surface area contributed by atoms with Crippen LogP contribution in [0.25, 0.3) is 10.9 Å². The molecule has 0 spiro atoms. The minimum Gasteiger partial charge on any atom is -0.383 e. The summed E-state index contributed by atoms with van der Waals surface area (Å²) in [6, 6.07) is 7.98. The molecule has 3 aromatic rings. The Morgan fingerprint density at radius 3 is 3.00 bits per heavy atom. The molecule has 2 aromatic heterocycles. The summed E-state index contributed by atoms with van der Waals surface area (Å²) in [7, 11) is 3.64. The van der Waals surface area contributed by atoms with E-state index in [1.54, 1.807) is 7.11 Å². The summed E-state index contributed by atoms with van der Waals surface area (Å²) in [4.78, 5) is 14.9. The number of fused-ring (bicyclic) bond motifs is 2. The number of methoxy groups -OCH3 is 1. The van der Waals surface area contributed by atoms with E-state index in [2.05, 4.69) is 10.3 Å². The average Bonchev–Trinajstić information content (AvgIpc) is 3.20. The first-order chi connectivity index (χ1) is 12.2. The molecule has 1 amide bonds. The van der Waals surface area contributed by atoms with Crippen LogP contribution in [0.15, 0.2) is 30.5 Å². The van der Waals surface area contributed by atoms with Crippen molar-refractivity contribution in [2.45, 2.75) is 19.5 Å². The molecule has 0 fully saturated rings. The van der Waals surface area contributed by atoms with Gasteiger partial charge in [0.05, 0.1) is 31.0 Å². The Bertz CT molecular complexity index is 927. The van der Waals surface area contributed by atoms with Gasteiger partial charge in [-0.15, -0.1) is 5.10 Å². The first kappa shape index (κ1) is 15.8. The maximum Gasteiger partial charge on any atom is 0.256 e. The lowest BCUT2D eigenvalue weighted by molar-refractivity contribution is 0.0732. The van der Waals surface area contributed by atoms with Crippen molar-refractivity contribution in [3.05, 3.63) is 47.4 Å². The van der Waals surface area contributed by atoms with Gasteiger partial charge in [-0.05, 0) is 6.07 Å². The molecule has 25 heavy (non-hydrogen) atoms. The molecule has 0 bridgehead atoms. The van der Waals surface area contributed by atoms with Crippen LogP contribution in [0.3, 0.4) is 0 Å². The molecule has 3 heterocycles. The fraction of sp³-hybridized carbons (Fsp3) is 0.389. The minimum atomic E-state index is 0.0499. The van der Waals surface area contributed by atoms with E-state index < -0.39 is 0 Å². The maximum absolute atomic E-state index is 13.1. The number of benzene rings is 1. The van der Waals surface area contributed by atoms with Gasteiger partial charge in [0, 0.05) is 44.2 Å². The van der Waals surface area contributed by atoms with Gasteiger partial charge in [0.1, 0.15) is 5.69 Å². The van der Waals surface area contributed by atoms with E-state index in [1.165, 1.54) is 0 Å². The van der Waals surface area contributed by atoms with E-state index in [1.807, 2.05) is 51.7 Å². The normalized spacial score (nSPS) is 14.1. The zero-order valence-electron chi connectivity index (χ0n) is 14.5. The molecule has 0 saturated heterocycles. The minimum absolute atomic E-state index is 0.0499. The van der Waals surface area contributed by atoms with Crippen molar-refractivity contribution in [3.8, 4) is 0 Å². The topological polar surface area (TPSA) is 65.2 Å². The van der Waals surface area contributed by atoms with E-state index in [-0.39, 0.29) is 5.91 Å². The van der Waals surface area contributed by atoms with Gasteiger partial charge >= 0.3 is 0 Å². The van der Waals surface area contributed by atoms with Gasteiger partial charge in [-0.3, -0.25) is 4.79 Å². The zero-order valence-corrected chi connectivity index (χ0v) is 14.5. The van der Waals surface area contributed by atoms with Gasteiger partial charge in [-0.2, -0.15) is 0 Å². The second-order valence-corrected chi connectivity index (χ2v) is 6.35. The molecule has 4 rings (SSSR count). The second kappa shape index (κ2) is 6.33. The Kier molecular flexibility index (Phi) is 4.01. The molecule has 1 aliphatic heterocycles. The number of ether oxygens (including phenoxy) is 1. The first-order valence-corrected chi connectivity index (χ1v) is 8.42. The summed E-state index contributed by atoms with van der Waals surface area (Å²) >= 11 is 0. The van der Waals surface area contributed by atoms with Crippen LogP contribution in [0.1, 0.15) is 21.7 Å². The van der Waals surface area contributed by atoms with Crippen LogP contribution in [0, 0.1) is 0 Å². The van der Waals surface area contributed by atoms with Crippen molar-refractivity contribution in [1.29, 1.82) is 0 Å². The van der Waals surface area contributed by atoms with Crippen molar-refractivity contribution >= 4 is 16.8 Å². The van der Waals surface area contributed by atoms with Crippen LogP contribution in [0.4, 0.5) is 0 Å². The van der Waals surface area contributed by atoms with E-state index in [4.69, 9.17) is 4.74 Å². The second-order valence-electron chi connectivity index (χ2n) is 6.35. The van der Waals surface area contributed by atoms with Crippen LogP contribution < -0.4 is 0 Å². The van der Waals surface area contributed by atoms with Gasteiger partial charge in [-0.1, -0.05) is 23.4 Å². The molecule has 7 heteroatoms. The third-order valence-electron chi connectivity index (χ3n) is 4.80. The molecule has 0 N–H and O–H groups in total. The zero-order chi connectivity index (χ0) is 17.4. The number of rotatable bonds is 4. The van der Waals surface area contributed by atoms with Gasteiger partial charge < -0.3 is 14.2 Å². The lowest BCUT2D eigenvalue weighted by Crippen LogP contribution is -2.36. The van der Waals surface area contributed by atoms with Crippen molar-refractivity contribution in [1.82, 2.24) is 24.5 Å². The summed E-state index contributed by atoms with van der Waals surface area (Å²) < 4.78 is 9.00. The molecule has 0 saturated carbocycles. The van der Waals surface area contributed by atoms with Crippen LogP contribution >= 0.6 is 0 Å². The molecule has 0 unspecified atom stereocenters. The van der Waals surface area contributed by atoms with E-state index in [0.717, 1.165) is 34.3 Å². The summed E-state index contributed by atoms with van der Waals surface area (Å²) in [6.45, 7) is 2.48. The van der Waals surface area contributed by atoms with Gasteiger partial charge in [-0.25, -0.2) is 4.68 Å². The molecular formula is C18H21N5O2. The van der Waals surface area contributed by atoms with Crippen molar-refractivity contribution in [2.24, 2.45) is 7.05 Å². The number of carbonyl (C=O) groups is 1. The van der Waals surface area contributed by atoms with E-state index >= 15 is 0 Å². The Morgan fingerprint density at radius 1 is 1.32 bits per heavy atom. The fourth-order valence-corrected chi connectivity index (χ4v) is 3.48. The summed E-state index contributed by atoms with van der Waals surface area (Å²) in [6.07, 6.45) is 2.68. The maximum atomic E-state index is 13.1. The quantitative estimate of drug-likeness (QED) is 0.724. The van der Waals surface area contributed by atoms with Crippen molar-refractivity contribution < 1.29 is 9.53 Å². The fourth-order valence-electron chi connectivity index (χ4n) is 3.48. The first-order valence-electron chi connectivity index (χ1n) is 8.42. The van der Waals surface area contributed by atoms with Gasteiger partial charge in [0.15, 0.2) is 0 Å². The van der Waals surface area contributed by atoms with Crippen LogP contribution in [-0.4, -0.2) is 50.6 Å². The third-order valence-corrected chi connectivity index (χ3v) is 4.80. The lowest BCUT2D eigenvalue weighted by Gasteiger charge is -2.26. The predicted molar refractivity (Wildman–Crippen MR) is 93.3 cm³/mol. The Balaban J connectivity index is 1.59. The largest absolute Gasteiger partial charge is 0.383 e. The highest BCUT2D eigenvalue weighted by Crippen LogP contribution is 2.24. The lowest BCUT2D eigenvalue weighted by atomic mass is 10.1. The average molecular weight is 339 g/mol. The molecule has 0 atom stereocenters. The summed E-state index contributed by atoms with van der Waals surface area (Å²) in [5.41, 5.74) is 3.80. The molecule has 1 aliphatic rings. The number of hydrogen-bond acceptors (Lipinski definition) is 4.